The van der Waals surface area contributed by atoms with Gasteiger partial charge in [0.05, 0.1) is 5.56 Å². The lowest BCUT2D eigenvalue weighted by molar-refractivity contribution is -0.137. The van der Waals surface area contributed by atoms with E-state index >= 15 is 0 Å². The molecule has 0 saturated carbocycles. The van der Waals surface area contributed by atoms with Gasteiger partial charge in [0.25, 0.3) is 0 Å². The molecular formula is C15H22ClF3N2. The minimum absolute atomic E-state index is 0. The topological polar surface area (TPSA) is 15.3 Å². The maximum atomic E-state index is 12.7. The van der Waals surface area contributed by atoms with Crippen LogP contribution in [0.1, 0.15) is 24.0 Å². The van der Waals surface area contributed by atoms with Gasteiger partial charge >= 0.3 is 6.18 Å². The molecule has 1 aliphatic heterocycles. The van der Waals surface area contributed by atoms with Gasteiger partial charge in [-0.15, -0.1) is 12.4 Å². The van der Waals surface area contributed by atoms with Gasteiger partial charge in [0, 0.05) is 6.54 Å². The van der Waals surface area contributed by atoms with Gasteiger partial charge in [-0.1, -0.05) is 18.2 Å². The summed E-state index contributed by atoms with van der Waals surface area (Å²) in [5.41, 5.74) is 0.187. The Morgan fingerprint density at radius 3 is 2.48 bits per heavy atom. The van der Waals surface area contributed by atoms with Gasteiger partial charge in [-0.3, -0.25) is 4.90 Å². The van der Waals surface area contributed by atoms with Crippen molar-refractivity contribution < 1.29 is 13.2 Å². The van der Waals surface area contributed by atoms with Gasteiger partial charge < -0.3 is 5.32 Å². The number of rotatable bonds is 4. The summed E-state index contributed by atoms with van der Waals surface area (Å²) in [5.74, 6) is 0.692. The Bertz CT molecular complexity index is 429. The van der Waals surface area contributed by atoms with E-state index < -0.39 is 11.7 Å². The second kappa shape index (κ2) is 8.01. The van der Waals surface area contributed by atoms with Crippen LogP contribution in [0.25, 0.3) is 0 Å². The minimum atomic E-state index is -4.25. The number of nitrogens with one attached hydrogen (secondary N) is 1. The fourth-order valence-corrected chi connectivity index (χ4v) is 2.74. The Morgan fingerprint density at radius 2 is 1.90 bits per heavy atom. The summed E-state index contributed by atoms with van der Waals surface area (Å²) >= 11 is 0. The molecule has 0 aliphatic carbocycles. The first-order valence-corrected chi connectivity index (χ1v) is 7.02. The van der Waals surface area contributed by atoms with Crippen molar-refractivity contribution in [3.63, 3.8) is 0 Å². The van der Waals surface area contributed by atoms with Gasteiger partial charge in [0.1, 0.15) is 0 Å². The highest BCUT2D eigenvalue weighted by molar-refractivity contribution is 5.85. The molecule has 6 heteroatoms. The van der Waals surface area contributed by atoms with Crippen molar-refractivity contribution >= 4 is 12.4 Å². The number of hydrogen-bond donors (Lipinski definition) is 1. The molecule has 1 aliphatic rings. The van der Waals surface area contributed by atoms with Gasteiger partial charge in [-0.05, 0) is 57.1 Å². The second-order valence-corrected chi connectivity index (χ2v) is 5.48. The molecule has 0 bridgehead atoms. The molecule has 2 nitrogen and oxygen atoms in total. The van der Waals surface area contributed by atoms with Crippen LogP contribution >= 0.6 is 12.4 Å². The summed E-state index contributed by atoms with van der Waals surface area (Å²) < 4.78 is 38.0. The van der Waals surface area contributed by atoms with E-state index in [1.54, 1.807) is 6.07 Å². The van der Waals surface area contributed by atoms with Crippen LogP contribution in [0.2, 0.25) is 0 Å². The largest absolute Gasteiger partial charge is 0.416 e. The van der Waals surface area contributed by atoms with Gasteiger partial charge in [0.15, 0.2) is 0 Å². The highest BCUT2D eigenvalue weighted by atomic mass is 35.5. The van der Waals surface area contributed by atoms with Crippen molar-refractivity contribution in [1.29, 1.82) is 0 Å². The number of nitrogens with zero attached hydrogens (tertiary/aromatic N) is 1. The van der Waals surface area contributed by atoms with E-state index in [0.29, 0.717) is 12.5 Å². The van der Waals surface area contributed by atoms with Crippen LogP contribution in [0.15, 0.2) is 24.3 Å². The summed E-state index contributed by atoms with van der Waals surface area (Å²) in [4.78, 5) is 2.24. The van der Waals surface area contributed by atoms with Crippen molar-refractivity contribution in [2.75, 3.05) is 26.7 Å². The van der Waals surface area contributed by atoms with Crippen molar-refractivity contribution in [3.8, 4) is 0 Å². The van der Waals surface area contributed by atoms with Gasteiger partial charge in [0.2, 0.25) is 0 Å². The maximum absolute atomic E-state index is 12.7. The maximum Gasteiger partial charge on any atom is 0.416 e. The minimum Gasteiger partial charge on any atom is -0.319 e. The van der Waals surface area contributed by atoms with Gasteiger partial charge in [-0.25, -0.2) is 0 Å². The molecule has 1 aromatic carbocycles. The number of hydrogen-bond acceptors (Lipinski definition) is 2. The number of piperidine rings is 1. The third kappa shape index (κ3) is 5.49. The summed E-state index contributed by atoms with van der Waals surface area (Å²) in [6.45, 7) is 3.55. The highest BCUT2D eigenvalue weighted by Gasteiger charge is 2.30. The zero-order valence-electron chi connectivity index (χ0n) is 12.1. The first kappa shape index (κ1) is 18.3. The van der Waals surface area contributed by atoms with Crippen LogP contribution in [-0.4, -0.2) is 31.6 Å². The van der Waals surface area contributed by atoms with E-state index in [4.69, 9.17) is 0 Å². The zero-order valence-corrected chi connectivity index (χ0v) is 12.9. The molecule has 0 amide bonds. The van der Waals surface area contributed by atoms with Crippen molar-refractivity contribution in [2.24, 2.45) is 5.92 Å². The van der Waals surface area contributed by atoms with Gasteiger partial charge in [-0.2, -0.15) is 13.2 Å². The average molecular weight is 323 g/mol. The SMILES string of the molecule is CNCC1CCN(Cc2cccc(C(F)(F)F)c2)CC1.Cl. The highest BCUT2D eigenvalue weighted by Crippen LogP contribution is 2.30. The third-order valence-corrected chi connectivity index (χ3v) is 3.86. The van der Waals surface area contributed by atoms with Crippen LogP contribution in [-0.2, 0) is 12.7 Å². The molecule has 0 aromatic heterocycles. The van der Waals surface area contributed by atoms with E-state index in [2.05, 4.69) is 10.2 Å². The Morgan fingerprint density at radius 1 is 1.24 bits per heavy atom. The molecule has 1 heterocycles. The quantitative estimate of drug-likeness (QED) is 0.912. The average Bonchev–Trinajstić information content (AvgIpc) is 2.41. The summed E-state index contributed by atoms with van der Waals surface area (Å²) in [6, 6.07) is 5.66. The summed E-state index contributed by atoms with van der Waals surface area (Å²) in [6.07, 6.45) is -2.03. The molecule has 0 atom stereocenters. The molecule has 0 unspecified atom stereocenters. The van der Waals surface area contributed by atoms with E-state index in [1.165, 1.54) is 12.1 Å². The fourth-order valence-electron chi connectivity index (χ4n) is 2.74. The van der Waals surface area contributed by atoms with E-state index in [9.17, 15) is 13.2 Å². The molecule has 21 heavy (non-hydrogen) atoms. The molecule has 120 valence electrons. The Kier molecular flexibility index (Phi) is 6.97. The lowest BCUT2D eigenvalue weighted by Gasteiger charge is -2.32. The summed E-state index contributed by atoms with van der Waals surface area (Å²) in [7, 11) is 1.95. The Hall–Kier alpha value is -0.780. The van der Waals surface area contributed by atoms with Crippen LogP contribution in [0.5, 0.6) is 0 Å². The number of likely N-dealkylation sites (tertiary alicyclic amines) is 1. The lowest BCUT2D eigenvalue weighted by atomic mass is 9.96. The first-order valence-electron chi connectivity index (χ1n) is 7.02. The predicted octanol–water partition coefficient (Wildman–Crippen LogP) is 3.56. The monoisotopic (exact) mass is 322 g/mol. The molecule has 1 fully saturated rings. The molecular weight excluding hydrogens is 301 g/mol. The molecule has 0 radical (unpaired) electrons. The molecule has 1 aromatic rings. The molecule has 1 N–H and O–H groups in total. The Labute approximate surface area is 130 Å². The van der Waals surface area contributed by atoms with Crippen LogP contribution in [0.3, 0.4) is 0 Å². The Balaban J connectivity index is 0.00000220. The smallest absolute Gasteiger partial charge is 0.319 e. The third-order valence-electron chi connectivity index (χ3n) is 3.86. The standard InChI is InChI=1S/C15H21F3N2.ClH/c1-19-10-12-5-7-20(8-6-12)11-13-3-2-4-14(9-13)15(16,17)18;/h2-4,9,12,19H,5-8,10-11H2,1H3;1H. The molecule has 2 rings (SSSR count). The molecule has 0 spiro atoms. The van der Waals surface area contributed by atoms with E-state index in [-0.39, 0.29) is 12.4 Å². The van der Waals surface area contributed by atoms with Crippen LogP contribution in [0, 0.1) is 5.92 Å². The van der Waals surface area contributed by atoms with Crippen LogP contribution in [0.4, 0.5) is 13.2 Å². The fraction of sp³-hybridized carbons (Fsp3) is 0.600. The number of halogens is 4. The van der Waals surface area contributed by atoms with Crippen LogP contribution < -0.4 is 5.32 Å². The lowest BCUT2D eigenvalue weighted by Crippen LogP contribution is -2.36. The van der Waals surface area contributed by atoms with Crippen molar-refractivity contribution in [2.45, 2.75) is 25.6 Å². The van der Waals surface area contributed by atoms with E-state index in [0.717, 1.165) is 44.1 Å². The van der Waals surface area contributed by atoms with Crippen molar-refractivity contribution in [1.82, 2.24) is 10.2 Å². The van der Waals surface area contributed by atoms with Crippen molar-refractivity contribution in [3.05, 3.63) is 35.4 Å². The molecule has 1 saturated heterocycles. The number of alkyl halides is 3. The van der Waals surface area contributed by atoms with E-state index in [1.807, 2.05) is 7.05 Å². The number of benzene rings is 1. The second-order valence-electron chi connectivity index (χ2n) is 5.48. The zero-order chi connectivity index (χ0) is 14.6. The predicted molar refractivity (Wildman–Crippen MR) is 80.6 cm³/mol. The normalized spacial score (nSPS) is 17.5. The summed E-state index contributed by atoms with van der Waals surface area (Å²) in [5, 5.41) is 3.18. The first-order chi connectivity index (χ1) is 9.49.